The van der Waals surface area contributed by atoms with Gasteiger partial charge in [0.2, 0.25) is 5.91 Å². The van der Waals surface area contributed by atoms with Gasteiger partial charge in [-0.15, -0.1) is 23.1 Å². The van der Waals surface area contributed by atoms with Gasteiger partial charge in [0.05, 0.1) is 23.1 Å². The number of hydrogen-bond donors (Lipinski definition) is 1. The van der Waals surface area contributed by atoms with Crippen molar-refractivity contribution in [2.24, 2.45) is 0 Å². The standard InChI is InChI=1S/C21H24N2O2S2/c1-15(7-8-16-9-11-17(25-2)12-10-16)22-20(24)13-26-14-21-23-18-5-3-4-6-19(18)27-21/h3-6,9-12,15H,7-8,13-14H2,1-2H3,(H,22,24). The van der Waals surface area contributed by atoms with Gasteiger partial charge in [-0.1, -0.05) is 24.3 Å². The molecule has 6 heteroatoms. The molecule has 27 heavy (non-hydrogen) atoms. The van der Waals surface area contributed by atoms with E-state index in [2.05, 4.69) is 35.4 Å². The van der Waals surface area contributed by atoms with Gasteiger partial charge in [0.25, 0.3) is 0 Å². The third-order valence-corrected chi connectivity index (χ3v) is 6.39. The number of thiazole rings is 1. The molecule has 3 aromatic rings. The average molecular weight is 401 g/mol. The summed E-state index contributed by atoms with van der Waals surface area (Å²) in [4.78, 5) is 16.7. The number of nitrogens with zero attached hydrogens (tertiary/aromatic N) is 1. The van der Waals surface area contributed by atoms with E-state index in [1.807, 2.05) is 30.3 Å². The summed E-state index contributed by atoms with van der Waals surface area (Å²) in [6, 6.07) is 16.4. The minimum Gasteiger partial charge on any atom is -0.497 e. The van der Waals surface area contributed by atoms with Crippen molar-refractivity contribution in [3.63, 3.8) is 0 Å². The molecule has 0 aliphatic carbocycles. The van der Waals surface area contributed by atoms with E-state index in [-0.39, 0.29) is 11.9 Å². The average Bonchev–Trinajstić information content (AvgIpc) is 3.09. The number of methoxy groups -OCH3 is 1. The molecule has 1 amide bonds. The van der Waals surface area contributed by atoms with Crippen molar-refractivity contribution in [1.82, 2.24) is 10.3 Å². The van der Waals surface area contributed by atoms with Crippen LogP contribution in [-0.2, 0) is 17.0 Å². The van der Waals surface area contributed by atoms with Crippen molar-refractivity contribution in [1.29, 1.82) is 0 Å². The van der Waals surface area contributed by atoms with Crippen LogP contribution in [0.15, 0.2) is 48.5 Å². The molecule has 142 valence electrons. The SMILES string of the molecule is COc1ccc(CCC(C)NC(=O)CSCc2nc3ccccc3s2)cc1. The molecule has 0 saturated heterocycles. The lowest BCUT2D eigenvalue weighted by Gasteiger charge is -2.14. The van der Waals surface area contributed by atoms with Crippen LogP contribution in [0.4, 0.5) is 0 Å². The van der Waals surface area contributed by atoms with E-state index in [4.69, 9.17) is 4.74 Å². The van der Waals surface area contributed by atoms with Crippen LogP contribution in [0, 0.1) is 0 Å². The Bertz CT molecular complexity index is 844. The number of carbonyl (C=O) groups excluding carboxylic acids is 1. The van der Waals surface area contributed by atoms with E-state index in [0.29, 0.717) is 5.75 Å². The predicted octanol–water partition coefficient (Wildman–Crippen LogP) is 4.68. The van der Waals surface area contributed by atoms with Crippen LogP contribution in [0.25, 0.3) is 10.2 Å². The second kappa shape index (κ2) is 9.76. The number of amides is 1. The molecule has 1 unspecified atom stereocenters. The van der Waals surface area contributed by atoms with Crippen LogP contribution in [-0.4, -0.2) is 29.8 Å². The summed E-state index contributed by atoms with van der Waals surface area (Å²) < 4.78 is 6.37. The van der Waals surface area contributed by atoms with Crippen molar-refractivity contribution in [2.75, 3.05) is 12.9 Å². The van der Waals surface area contributed by atoms with Gasteiger partial charge < -0.3 is 10.1 Å². The van der Waals surface area contributed by atoms with Gasteiger partial charge in [-0.05, 0) is 49.6 Å². The maximum absolute atomic E-state index is 12.1. The van der Waals surface area contributed by atoms with E-state index in [0.717, 1.165) is 34.9 Å². The summed E-state index contributed by atoms with van der Waals surface area (Å²) in [5, 5.41) is 4.15. The van der Waals surface area contributed by atoms with Gasteiger partial charge in [0.15, 0.2) is 0 Å². The van der Waals surface area contributed by atoms with E-state index < -0.39 is 0 Å². The fourth-order valence-corrected chi connectivity index (χ4v) is 4.64. The molecule has 0 saturated carbocycles. The third-order valence-electron chi connectivity index (χ3n) is 4.23. The number of rotatable bonds is 9. The molecule has 4 nitrogen and oxygen atoms in total. The fourth-order valence-electron chi connectivity index (χ4n) is 2.78. The van der Waals surface area contributed by atoms with Gasteiger partial charge >= 0.3 is 0 Å². The largest absolute Gasteiger partial charge is 0.497 e. The lowest BCUT2D eigenvalue weighted by molar-refractivity contribution is -0.119. The van der Waals surface area contributed by atoms with E-state index >= 15 is 0 Å². The number of ether oxygens (including phenoxy) is 1. The lowest BCUT2D eigenvalue weighted by atomic mass is 10.1. The molecular weight excluding hydrogens is 376 g/mol. The Hall–Kier alpha value is -2.05. The number of carbonyl (C=O) groups is 1. The van der Waals surface area contributed by atoms with Crippen LogP contribution in [0.1, 0.15) is 23.9 Å². The smallest absolute Gasteiger partial charge is 0.230 e. The summed E-state index contributed by atoms with van der Waals surface area (Å²) in [6.07, 6.45) is 1.85. The van der Waals surface area contributed by atoms with Crippen molar-refractivity contribution >= 4 is 39.2 Å². The highest BCUT2D eigenvalue weighted by Crippen LogP contribution is 2.24. The Morgan fingerprint density at radius 2 is 2.00 bits per heavy atom. The van der Waals surface area contributed by atoms with Gasteiger partial charge in [0.1, 0.15) is 10.8 Å². The molecule has 0 aliphatic rings. The Morgan fingerprint density at radius 3 is 2.74 bits per heavy atom. The van der Waals surface area contributed by atoms with E-state index in [1.54, 1.807) is 30.2 Å². The number of aryl methyl sites for hydroxylation is 1. The van der Waals surface area contributed by atoms with Crippen molar-refractivity contribution in [2.45, 2.75) is 31.6 Å². The second-order valence-corrected chi connectivity index (χ2v) is 8.52. The van der Waals surface area contributed by atoms with Crippen LogP contribution in [0.5, 0.6) is 5.75 Å². The molecule has 1 atom stereocenters. The van der Waals surface area contributed by atoms with Crippen LogP contribution in [0.2, 0.25) is 0 Å². The number of para-hydroxylation sites is 1. The number of aromatic nitrogens is 1. The number of hydrogen-bond acceptors (Lipinski definition) is 5. The number of benzene rings is 2. The molecule has 0 bridgehead atoms. The van der Waals surface area contributed by atoms with E-state index in [9.17, 15) is 4.79 Å². The van der Waals surface area contributed by atoms with Gasteiger partial charge in [-0.3, -0.25) is 4.79 Å². The molecule has 3 rings (SSSR count). The van der Waals surface area contributed by atoms with E-state index in [1.165, 1.54) is 10.3 Å². The van der Waals surface area contributed by atoms with Gasteiger partial charge in [-0.25, -0.2) is 4.98 Å². The van der Waals surface area contributed by atoms with Crippen molar-refractivity contribution < 1.29 is 9.53 Å². The third kappa shape index (κ3) is 5.97. The zero-order chi connectivity index (χ0) is 19.1. The Morgan fingerprint density at radius 1 is 1.22 bits per heavy atom. The predicted molar refractivity (Wildman–Crippen MR) is 115 cm³/mol. The summed E-state index contributed by atoms with van der Waals surface area (Å²) >= 11 is 3.31. The van der Waals surface area contributed by atoms with Crippen LogP contribution in [0.3, 0.4) is 0 Å². The maximum atomic E-state index is 12.1. The number of nitrogens with one attached hydrogen (secondary N) is 1. The minimum atomic E-state index is 0.0864. The first kappa shape index (κ1) is 19.7. The fraction of sp³-hybridized carbons (Fsp3) is 0.333. The second-order valence-electron chi connectivity index (χ2n) is 6.42. The quantitative estimate of drug-likeness (QED) is 0.567. The molecule has 0 fully saturated rings. The lowest BCUT2D eigenvalue weighted by Crippen LogP contribution is -2.34. The first-order valence-corrected chi connectivity index (χ1v) is 11.0. The van der Waals surface area contributed by atoms with Gasteiger partial charge in [-0.2, -0.15) is 0 Å². The van der Waals surface area contributed by atoms with Crippen molar-refractivity contribution in [3.8, 4) is 5.75 Å². The molecular formula is C21H24N2O2S2. The molecule has 0 aliphatic heterocycles. The first-order chi connectivity index (χ1) is 13.1. The number of thioether (sulfide) groups is 1. The molecule has 1 heterocycles. The molecule has 0 radical (unpaired) electrons. The Balaban J connectivity index is 1.36. The van der Waals surface area contributed by atoms with Crippen LogP contribution >= 0.6 is 23.1 Å². The maximum Gasteiger partial charge on any atom is 0.230 e. The number of fused-ring (bicyclic) bond motifs is 1. The van der Waals surface area contributed by atoms with Crippen molar-refractivity contribution in [3.05, 3.63) is 59.1 Å². The monoisotopic (exact) mass is 400 g/mol. The minimum absolute atomic E-state index is 0.0864. The molecule has 1 N–H and O–H groups in total. The summed E-state index contributed by atoms with van der Waals surface area (Å²) in [6.45, 7) is 2.06. The Labute approximate surface area is 168 Å². The molecule has 1 aromatic heterocycles. The zero-order valence-corrected chi connectivity index (χ0v) is 17.2. The summed E-state index contributed by atoms with van der Waals surface area (Å²) in [5.74, 6) is 2.18. The zero-order valence-electron chi connectivity index (χ0n) is 15.6. The highest BCUT2D eigenvalue weighted by atomic mass is 32.2. The Kier molecular flexibility index (Phi) is 7.12. The highest BCUT2D eigenvalue weighted by Gasteiger charge is 2.09. The normalized spacial score (nSPS) is 12.1. The summed E-state index contributed by atoms with van der Waals surface area (Å²) in [5.41, 5.74) is 2.29. The molecule has 2 aromatic carbocycles. The summed E-state index contributed by atoms with van der Waals surface area (Å²) in [7, 11) is 1.67. The molecule has 0 spiro atoms. The van der Waals surface area contributed by atoms with Gasteiger partial charge in [0, 0.05) is 11.8 Å². The van der Waals surface area contributed by atoms with Crippen LogP contribution < -0.4 is 10.1 Å². The first-order valence-electron chi connectivity index (χ1n) is 8.98. The topological polar surface area (TPSA) is 51.2 Å². The highest BCUT2D eigenvalue weighted by molar-refractivity contribution is 7.99.